The summed E-state index contributed by atoms with van der Waals surface area (Å²) >= 11 is 5.62. The average molecular weight is 271 g/mol. The standard InChI is InChI=1S/C11H15ClN4O2/c1-3-4-14-10(17)7(2)15-11(18)8-5-13-6-9(12)16-8/h5-7H,3-4H2,1-2H3,(H,14,17)(H,15,18). The summed E-state index contributed by atoms with van der Waals surface area (Å²) in [4.78, 5) is 30.8. The number of amides is 2. The van der Waals surface area contributed by atoms with E-state index in [0.29, 0.717) is 6.54 Å². The minimum Gasteiger partial charge on any atom is -0.354 e. The third-order valence-electron chi connectivity index (χ3n) is 2.13. The maximum atomic E-state index is 11.7. The van der Waals surface area contributed by atoms with Crippen LogP contribution in [0.1, 0.15) is 30.8 Å². The summed E-state index contributed by atoms with van der Waals surface area (Å²) in [6.45, 7) is 4.13. The van der Waals surface area contributed by atoms with Crippen molar-refractivity contribution in [3.05, 3.63) is 23.2 Å². The predicted molar refractivity (Wildman–Crippen MR) is 67.3 cm³/mol. The van der Waals surface area contributed by atoms with Crippen LogP contribution in [-0.2, 0) is 4.79 Å². The molecule has 0 bridgehead atoms. The second kappa shape index (κ2) is 6.90. The minimum absolute atomic E-state index is 0.0811. The van der Waals surface area contributed by atoms with E-state index in [4.69, 9.17) is 11.6 Å². The van der Waals surface area contributed by atoms with Gasteiger partial charge in [-0.1, -0.05) is 18.5 Å². The lowest BCUT2D eigenvalue weighted by molar-refractivity contribution is -0.122. The Morgan fingerprint density at radius 3 is 2.78 bits per heavy atom. The maximum absolute atomic E-state index is 11.7. The van der Waals surface area contributed by atoms with Gasteiger partial charge in [-0.05, 0) is 13.3 Å². The largest absolute Gasteiger partial charge is 0.354 e. The summed E-state index contributed by atoms with van der Waals surface area (Å²) in [6, 6.07) is -0.634. The van der Waals surface area contributed by atoms with Crippen LogP contribution in [0.2, 0.25) is 5.15 Å². The third-order valence-corrected chi connectivity index (χ3v) is 2.31. The summed E-state index contributed by atoms with van der Waals surface area (Å²) in [5.41, 5.74) is 0.0811. The highest BCUT2D eigenvalue weighted by atomic mass is 35.5. The highest BCUT2D eigenvalue weighted by Crippen LogP contribution is 2.02. The van der Waals surface area contributed by atoms with Crippen molar-refractivity contribution in [3.8, 4) is 0 Å². The Labute approximate surface area is 110 Å². The van der Waals surface area contributed by atoms with Crippen LogP contribution in [0, 0.1) is 0 Å². The molecule has 2 N–H and O–H groups in total. The molecular weight excluding hydrogens is 256 g/mol. The molecule has 7 heteroatoms. The van der Waals surface area contributed by atoms with Gasteiger partial charge in [0.1, 0.15) is 16.9 Å². The molecule has 0 aliphatic heterocycles. The van der Waals surface area contributed by atoms with Gasteiger partial charge in [-0.3, -0.25) is 14.6 Å². The van der Waals surface area contributed by atoms with Crippen molar-refractivity contribution in [3.63, 3.8) is 0 Å². The molecule has 2 amide bonds. The molecule has 0 saturated heterocycles. The predicted octanol–water partition coefficient (Wildman–Crippen LogP) is 0.774. The number of nitrogens with one attached hydrogen (secondary N) is 2. The number of carbonyl (C=O) groups is 2. The second-order valence-corrected chi connectivity index (χ2v) is 4.10. The molecule has 18 heavy (non-hydrogen) atoms. The molecule has 0 saturated carbocycles. The molecule has 0 aliphatic carbocycles. The van der Waals surface area contributed by atoms with E-state index in [1.165, 1.54) is 12.4 Å². The van der Waals surface area contributed by atoms with Gasteiger partial charge in [0.2, 0.25) is 5.91 Å². The number of aromatic nitrogens is 2. The lowest BCUT2D eigenvalue weighted by Crippen LogP contribution is -2.45. The smallest absolute Gasteiger partial charge is 0.272 e. The zero-order valence-corrected chi connectivity index (χ0v) is 11.0. The number of carbonyl (C=O) groups excluding carboxylic acids is 2. The summed E-state index contributed by atoms with van der Waals surface area (Å²) in [6.07, 6.45) is 3.46. The molecule has 1 aromatic rings. The number of hydrogen-bond acceptors (Lipinski definition) is 4. The lowest BCUT2D eigenvalue weighted by Gasteiger charge is -2.13. The highest BCUT2D eigenvalue weighted by Gasteiger charge is 2.17. The van der Waals surface area contributed by atoms with Crippen LogP contribution < -0.4 is 10.6 Å². The van der Waals surface area contributed by atoms with Crippen molar-refractivity contribution < 1.29 is 9.59 Å². The van der Waals surface area contributed by atoms with Gasteiger partial charge in [0.05, 0.1) is 12.4 Å². The van der Waals surface area contributed by atoms with Crippen molar-refractivity contribution in [2.24, 2.45) is 0 Å². The second-order valence-electron chi connectivity index (χ2n) is 3.71. The maximum Gasteiger partial charge on any atom is 0.272 e. The summed E-state index contributed by atoms with van der Waals surface area (Å²) < 4.78 is 0. The van der Waals surface area contributed by atoms with E-state index in [1.54, 1.807) is 6.92 Å². The van der Waals surface area contributed by atoms with Gasteiger partial charge < -0.3 is 10.6 Å². The first-order chi connectivity index (χ1) is 8.54. The zero-order valence-electron chi connectivity index (χ0n) is 10.2. The molecule has 0 radical (unpaired) electrons. The Morgan fingerprint density at radius 1 is 1.44 bits per heavy atom. The molecule has 98 valence electrons. The number of halogens is 1. The Morgan fingerprint density at radius 2 is 2.17 bits per heavy atom. The quantitative estimate of drug-likeness (QED) is 0.828. The van der Waals surface area contributed by atoms with E-state index in [1.807, 2.05) is 6.92 Å². The molecule has 0 spiro atoms. The molecule has 0 aromatic carbocycles. The summed E-state index contributed by atoms with van der Waals surface area (Å²) in [7, 11) is 0. The number of nitrogens with zero attached hydrogens (tertiary/aromatic N) is 2. The number of hydrogen-bond donors (Lipinski definition) is 2. The number of rotatable bonds is 5. The third kappa shape index (κ3) is 4.29. The normalized spacial score (nSPS) is 11.7. The molecule has 0 fully saturated rings. The highest BCUT2D eigenvalue weighted by molar-refractivity contribution is 6.29. The van der Waals surface area contributed by atoms with Gasteiger partial charge in [-0.2, -0.15) is 0 Å². The van der Waals surface area contributed by atoms with Gasteiger partial charge in [0, 0.05) is 6.54 Å². The summed E-state index contributed by atoms with van der Waals surface area (Å²) in [5, 5.41) is 5.33. The van der Waals surface area contributed by atoms with E-state index in [9.17, 15) is 9.59 Å². The average Bonchev–Trinajstić information content (AvgIpc) is 2.35. The van der Waals surface area contributed by atoms with E-state index in [-0.39, 0.29) is 16.8 Å². The first-order valence-corrected chi connectivity index (χ1v) is 5.98. The lowest BCUT2D eigenvalue weighted by atomic mass is 10.3. The topological polar surface area (TPSA) is 84.0 Å². The summed E-state index contributed by atoms with van der Waals surface area (Å²) in [5.74, 6) is -0.718. The van der Waals surface area contributed by atoms with Crippen LogP contribution in [-0.4, -0.2) is 34.4 Å². The first kappa shape index (κ1) is 14.4. The van der Waals surface area contributed by atoms with E-state index in [0.717, 1.165) is 6.42 Å². The molecule has 0 aliphatic rings. The molecule has 1 atom stereocenters. The van der Waals surface area contributed by atoms with Crippen LogP contribution in [0.25, 0.3) is 0 Å². The van der Waals surface area contributed by atoms with Crippen LogP contribution >= 0.6 is 11.6 Å². The van der Waals surface area contributed by atoms with Crippen molar-refractivity contribution in [1.29, 1.82) is 0 Å². The SMILES string of the molecule is CCCNC(=O)C(C)NC(=O)c1cncc(Cl)n1. The van der Waals surface area contributed by atoms with Gasteiger partial charge >= 0.3 is 0 Å². The van der Waals surface area contributed by atoms with E-state index in [2.05, 4.69) is 20.6 Å². The molecular formula is C11H15ClN4O2. The first-order valence-electron chi connectivity index (χ1n) is 5.60. The van der Waals surface area contributed by atoms with Crippen molar-refractivity contribution in [2.45, 2.75) is 26.3 Å². The zero-order chi connectivity index (χ0) is 13.5. The van der Waals surface area contributed by atoms with Crippen LogP contribution in [0.15, 0.2) is 12.4 Å². The van der Waals surface area contributed by atoms with Gasteiger partial charge in [-0.15, -0.1) is 0 Å². The fourth-order valence-electron chi connectivity index (χ4n) is 1.19. The Bertz CT molecular complexity index is 439. The molecule has 6 nitrogen and oxygen atoms in total. The molecule has 1 rings (SSSR count). The van der Waals surface area contributed by atoms with Crippen LogP contribution in [0.5, 0.6) is 0 Å². The Balaban J connectivity index is 2.56. The molecule has 1 aromatic heterocycles. The van der Waals surface area contributed by atoms with Gasteiger partial charge in [0.15, 0.2) is 0 Å². The van der Waals surface area contributed by atoms with Gasteiger partial charge in [-0.25, -0.2) is 4.98 Å². The fourth-order valence-corrected chi connectivity index (χ4v) is 1.34. The molecule has 1 unspecified atom stereocenters. The molecule has 1 heterocycles. The minimum atomic E-state index is -0.634. The monoisotopic (exact) mass is 270 g/mol. The van der Waals surface area contributed by atoms with Crippen molar-refractivity contribution >= 4 is 23.4 Å². The van der Waals surface area contributed by atoms with Crippen molar-refractivity contribution in [1.82, 2.24) is 20.6 Å². The van der Waals surface area contributed by atoms with Gasteiger partial charge in [0.25, 0.3) is 5.91 Å². The Kier molecular flexibility index (Phi) is 5.51. The van der Waals surface area contributed by atoms with Crippen LogP contribution in [0.4, 0.5) is 0 Å². The van der Waals surface area contributed by atoms with E-state index >= 15 is 0 Å². The van der Waals surface area contributed by atoms with E-state index < -0.39 is 11.9 Å². The van der Waals surface area contributed by atoms with Crippen molar-refractivity contribution in [2.75, 3.05) is 6.54 Å². The fraction of sp³-hybridized carbons (Fsp3) is 0.455. The van der Waals surface area contributed by atoms with Crippen LogP contribution in [0.3, 0.4) is 0 Å². The Hall–Kier alpha value is -1.69.